The number of hydrogen-bond acceptors (Lipinski definition) is 4. The summed E-state index contributed by atoms with van der Waals surface area (Å²) < 4.78 is 27.4. The Morgan fingerprint density at radius 3 is 2.47 bits per heavy atom. The Bertz CT molecular complexity index is 513. The van der Waals surface area contributed by atoms with E-state index in [0.29, 0.717) is 17.3 Å². The molecule has 0 aliphatic rings. The van der Waals surface area contributed by atoms with E-state index in [1.165, 1.54) is 11.3 Å². The van der Waals surface area contributed by atoms with Gasteiger partial charge in [-0.2, -0.15) is 0 Å². The first-order chi connectivity index (χ1) is 8.65. The van der Waals surface area contributed by atoms with Gasteiger partial charge < -0.3 is 5.32 Å². The molecule has 4 nitrogen and oxygen atoms in total. The third kappa shape index (κ3) is 5.22. The SMILES string of the molecule is CNCc1sc(S(=O)(=O)NCCC(C)(C)C)cc1C. The number of nitrogens with one attached hydrogen (secondary N) is 2. The normalized spacial score (nSPS) is 12.9. The van der Waals surface area contributed by atoms with E-state index < -0.39 is 10.0 Å². The third-order valence-corrected chi connectivity index (χ3v) is 5.94. The Kier molecular flexibility index (Phi) is 5.55. The van der Waals surface area contributed by atoms with Gasteiger partial charge in [0, 0.05) is 18.0 Å². The summed E-state index contributed by atoms with van der Waals surface area (Å²) in [5.74, 6) is 0. The van der Waals surface area contributed by atoms with Crippen LogP contribution in [0, 0.1) is 12.3 Å². The Balaban J connectivity index is 2.75. The lowest BCUT2D eigenvalue weighted by Gasteiger charge is -2.17. The summed E-state index contributed by atoms with van der Waals surface area (Å²) in [5.41, 5.74) is 1.15. The van der Waals surface area contributed by atoms with Crippen LogP contribution in [0.5, 0.6) is 0 Å². The molecule has 0 bridgehead atoms. The van der Waals surface area contributed by atoms with Gasteiger partial charge in [0.15, 0.2) is 0 Å². The lowest BCUT2D eigenvalue weighted by molar-refractivity contribution is 0.378. The molecule has 0 spiro atoms. The zero-order chi connectivity index (χ0) is 14.7. The maximum atomic E-state index is 12.2. The predicted octanol–water partition coefficient (Wildman–Crippen LogP) is 2.49. The van der Waals surface area contributed by atoms with Crippen LogP contribution < -0.4 is 10.0 Å². The van der Waals surface area contributed by atoms with Crippen molar-refractivity contribution in [3.63, 3.8) is 0 Å². The Morgan fingerprint density at radius 1 is 1.32 bits per heavy atom. The molecule has 1 aromatic rings. The zero-order valence-corrected chi connectivity index (χ0v) is 14.0. The minimum atomic E-state index is -3.36. The Morgan fingerprint density at radius 2 is 1.95 bits per heavy atom. The molecule has 1 heterocycles. The lowest BCUT2D eigenvalue weighted by Crippen LogP contribution is -2.26. The molecule has 6 heteroatoms. The van der Waals surface area contributed by atoms with Crippen molar-refractivity contribution >= 4 is 21.4 Å². The van der Waals surface area contributed by atoms with Crippen LogP contribution in [0.15, 0.2) is 10.3 Å². The molecular formula is C13H24N2O2S2. The number of aryl methyl sites for hydroxylation is 1. The summed E-state index contributed by atoms with van der Waals surface area (Å²) in [6, 6.07) is 1.75. The first-order valence-corrected chi connectivity index (χ1v) is 8.69. The Labute approximate surface area is 120 Å². The van der Waals surface area contributed by atoms with Gasteiger partial charge in [-0.15, -0.1) is 11.3 Å². The van der Waals surface area contributed by atoms with E-state index in [1.54, 1.807) is 6.07 Å². The topological polar surface area (TPSA) is 58.2 Å². The average Bonchev–Trinajstić information content (AvgIpc) is 2.59. The Hall–Kier alpha value is -0.430. The minimum Gasteiger partial charge on any atom is -0.315 e. The highest BCUT2D eigenvalue weighted by Crippen LogP contribution is 2.26. The maximum Gasteiger partial charge on any atom is 0.250 e. The van der Waals surface area contributed by atoms with Crippen molar-refractivity contribution in [1.82, 2.24) is 10.0 Å². The standard InChI is InChI=1S/C13H24N2O2S2/c1-10-8-12(18-11(10)9-14-5)19(16,17)15-7-6-13(2,3)4/h8,14-15H,6-7,9H2,1-5H3. The van der Waals surface area contributed by atoms with Crippen molar-refractivity contribution in [2.24, 2.45) is 5.41 Å². The summed E-state index contributed by atoms with van der Waals surface area (Å²) in [5, 5.41) is 3.05. The van der Waals surface area contributed by atoms with Gasteiger partial charge in [-0.05, 0) is 37.4 Å². The minimum absolute atomic E-state index is 0.130. The molecule has 0 aliphatic carbocycles. The van der Waals surface area contributed by atoms with E-state index in [2.05, 4.69) is 30.8 Å². The summed E-state index contributed by atoms with van der Waals surface area (Å²) in [7, 11) is -1.51. The van der Waals surface area contributed by atoms with Gasteiger partial charge >= 0.3 is 0 Å². The van der Waals surface area contributed by atoms with Crippen LogP contribution in [0.25, 0.3) is 0 Å². The smallest absolute Gasteiger partial charge is 0.250 e. The second-order valence-electron chi connectivity index (χ2n) is 5.91. The van der Waals surface area contributed by atoms with Crippen molar-refractivity contribution < 1.29 is 8.42 Å². The van der Waals surface area contributed by atoms with E-state index in [0.717, 1.165) is 16.9 Å². The van der Waals surface area contributed by atoms with Crippen LogP contribution in [0.3, 0.4) is 0 Å². The highest BCUT2D eigenvalue weighted by atomic mass is 32.2. The second kappa shape index (κ2) is 6.35. The molecule has 0 aliphatic heterocycles. The second-order valence-corrected chi connectivity index (χ2v) is 9.04. The van der Waals surface area contributed by atoms with Crippen molar-refractivity contribution in [1.29, 1.82) is 0 Å². The van der Waals surface area contributed by atoms with Gasteiger partial charge in [0.25, 0.3) is 0 Å². The summed E-state index contributed by atoms with van der Waals surface area (Å²) >= 11 is 1.34. The molecule has 0 unspecified atom stereocenters. The van der Waals surface area contributed by atoms with Crippen LogP contribution in [0.1, 0.15) is 37.6 Å². The number of sulfonamides is 1. The number of rotatable bonds is 6. The lowest BCUT2D eigenvalue weighted by atomic mass is 9.93. The molecule has 1 rings (SSSR count). The number of thiophene rings is 1. The maximum absolute atomic E-state index is 12.2. The molecular weight excluding hydrogens is 280 g/mol. The fourth-order valence-corrected chi connectivity index (χ4v) is 4.27. The first-order valence-electron chi connectivity index (χ1n) is 6.39. The van der Waals surface area contributed by atoms with Gasteiger partial charge in [0.1, 0.15) is 4.21 Å². The van der Waals surface area contributed by atoms with E-state index in [1.807, 2.05) is 14.0 Å². The molecule has 0 amide bonds. The fourth-order valence-electron chi connectivity index (χ4n) is 1.59. The van der Waals surface area contributed by atoms with Gasteiger partial charge in [-0.3, -0.25) is 0 Å². The van der Waals surface area contributed by atoms with Crippen LogP contribution in [0.2, 0.25) is 0 Å². The molecule has 0 fully saturated rings. The molecule has 0 radical (unpaired) electrons. The fraction of sp³-hybridized carbons (Fsp3) is 0.692. The van der Waals surface area contributed by atoms with Crippen LogP contribution in [-0.2, 0) is 16.6 Å². The van der Waals surface area contributed by atoms with Crippen LogP contribution >= 0.6 is 11.3 Å². The highest BCUT2D eigenvalue weighted by molar-refractivity contribution is 7.91. The van der Waals surface area contributed by atoms with Crippen molar-refractivity contribution in [3.05, 3.63) is 16.5 Å². The van der Waals surface area contributed by atoms with Crippen LogP contribution in [0.4, 0.5) is 0 Å². The van der Waals surface area contributed by atoms with Gasteiger partial charge in [-0.1, -0.05) is 20.8 Å². The van der Waals surface area contributed by atoms with E-state index in [-0.39, 0.29) is 5.41 Å². The molecule has 1 aromatic heterocycles. The molecule has 0 saturated carbocycles. The molecule has 0 aromatic carbocycles. The molecule has 19 heavy (non-hydrogen) atoms. The highest BCUT2D eigenvalue weighted by Gasteiger charge is 2.19. The number of hydrogen-bond donors (Lipinski definition) is 2. The molecule has 2 N–H and O–H groups in total. The summed E-state index contributed by atoms with van der Waals surface area (Å²) in [4.78, 5) is 1.07. The van der Waals surface area contributed by atoms with Crippen molar-refractivity contribution in [2.75, 3.05) is 13.6 Å². The van der Waals surface area contributed by atoms with Gasteiger partial charge in [0.2, 0.25) is 10.0 Å². The van der Waals surface area contributed by atoms with Crippen molar-refractivity contribution in [2.45, 2.75) is 44.9 Å². The van der Waals surface area contributed by atoms with Gasteiger partial charge in [0.05, 0.1) is 0 Å². The van der Waals surface area contributed by atoms with E-state index >= 15 is 0 Å². The predicted molar refractivity (Wildman–Crippen MR) is 81.1 cm³/mol. The molecule has 110 valence electrons. The average molecular weight is 304 g/mol. The largest absolute Gasteiger partial charge is 0.315 e. The van der Waals surface area contributed by atoms with Crippen molar-refractivity contribution in [3.8, 4) is 0 Å². The van der Waals surface area contributed by atoms with E-state index in [9.17, 15) is 8.42 Å². The quantitative estimate of drug-likeness (QED) is 0.849. The molecule has 0 atom stereocenters. The third-order valence-electron chi connectivity index (χ3n) is 2.77. The van der Waals surface area contributed by atoms with Crippen LogP contribution in [-0.4, -0.2) is 22.0 Å². The first kappa shape index (κ1) is 16.6. The van der Waals surface area contributed by atoms with E-state index in [4.69, 9.17) is 0 Å². The summed E-state index contributed by atoms with van der Waals surface area (Å²) in [6.45, 7) is 9.42. The summed E-state index contributed by atoms with van der Waals surface area (Å²) in [6.07, 6.45) is 0.819. The molecule has 0 saturated heterocycles. The van der Waals surface area contributed by atoms with Gasteiger partial charge in [-0.25, -0.2) is 13.1 Å². The zero-order valence-electron chi connectivity index (χ0n) is 12.3. The monoisotopic (exact) mass is 304 g/mol.